The second-order valence-electron chi connectivity index (χ2n) is 6.28. The number of hydrogen-bond donors (Lipinski definition) is 1. The molecule has 2 amide bonds. The highest BCUT2D eigenvalue weighted by molar-refractivity contribution is 5.89. The standard InChI is InChI=1S/C19H24N2O5/c1-21(2)17(22)15-6-4-5-7-16(15)20-19(24)26-12-13-8-10-14(11-9-13)18(23)25-3/h5,7-11,15-16H,4,6,12H2,1-3H3,(H,20,24)/t15-,16+/m1/s1. The molecule has 1 aliphatic rings. The predicted octanol–water partition coefficient (Wildman–Crippen LogP) is 2.12. The number of allylic oxidation sites excluding steroid dienone is 1. The van der Waals surface area contributed by atoms with Crippen LogP contribution >= 0.6 is 0 Å². The number of nitrogens with one attached hydrogen (secondary N) is 1. The van der Waals surface area contributed by atoms with Gasteiger partial charge in [0.2, 0.25) is 5.91 Å². The van der Waals surface area contributed by atoms with Crippen LogP contribution in [-0.2, 0) is 20.9 Å². The summed E-state index contributed by atoms with van der Waals surface area (Å²) in [6.07, 6.45) is 4.70. The lowest BCUT2D eigenvalue weighted by atomic mass is 9.88. The van der Waals surface area contributed by atoms with E-state index >= 15 is 0 Å². The van der Waals surface area contributed by atoms with Crippen LogP contribution in [0.25, 0.3) is 0 Å². The Kier molecular flexibility index (Phi) is 6.77. The quantitative estimate of drug-likeness (QED) is 0.642. The fourth-order valence-corrected chi connectivity index (χ4v) is 2.77. The van der Waals surface area contributed by atoms with E-state index in [0.717, 1.165) is 12.0 Å². The van der Waals surface area contributed by atoms with E-state index in [1.54, 1.807) is 38.4 Å². The van der Waals surface area contributed by atoms with Crippen molar-refractivity contribution in [1.29, 1.82) is 0 Å². The number of alkyl carbamates (subject to hydrolysis) is 1. The fourth-order valence-electron chi connectivity index (χ4n) is 2.77. The van der Waals surface area contributed by atoms with Gasteiger partial charge in [0, 0.05) is 14.1 Å². The fraction of sp³-hybridized carbons (Fsp3) is 0.421. The molecule has 7 heteroatoms. The van der Waals surface area contributed by atoms with E-state index in [2.05, 4.69) is 10.1 Å². The zero-order valence-corrected chi connectivity index (χ0v) is 15.2. The van der Waals surface area contributed by atoms with Crippen LogP contribution < -0.4 is 5.32 Å². The van der Waals surface area contributed by atoms with Crippen LogP contribution in [0.2, 0.25) is 0 Å². The second kappa shape index (κ2) is 9.03. The van der Waals surface area contributed by atoms with Gasteiger partial charge in [0.1, 0.15) is 6.61 Å². The van der Waals surface area contributed by atoms with Gasteiger partial charge in [0.15, 0.2) is 0 Å². The van der Waals surface area contributed by atoms with Crippen LogP contribution in [-0.4, -0.2) is 50.1 Å². The molecule has 0 spiro atoms. The lowest BCUT2D eigenvalue weighted by molar-refractivity contribution is -0.133. The van der Waals surface area contributed by atoms with Crippen LogP contribution in [0.1, 0.15) is 28.8 Å². The molecule has 7 nitrogen and oxygen atoms in total. The summed E-state index contributed by atoms with van der Waals surface area (Å²) in [6, 6.07) is 6.22. The highest BCUT2D eigenvalue weighted by atomic mass is 16.5. The van der Waals surface area contributed by atoms with Crippen molar-refractivity contribution in [3.8, 4) is 0 Å². The Hall–Kier alpha value is -2.83. The summed E-state index contributed by atoms with van der Waals surface area (Å²) in [5.74, 6) is -0.726. The van der Waals surface area contributed by atoms with Gasteiger partial charge in [0.05, 0.1) is 24.6 Å². The minimum Gasteiger partial charge on any atom is -0.465 e. The van der Waals surface area contributed by atoms with Gasteiger partial charge in [-0.3, -0.25) is 4.79 Å². The van der Waals surface area contributed by atoms with Crippen molar-refractivity contribution in [3.05, 3.63) is 47.5 Å². The molecule has 0 aliphatic heterocycles. The van der Waals surface area contributed by atoms with Crippen LogP contribution in [0.4, 0.5) is 4.79 Å². The number of esters is 1. The maximum atomic E-state index is 12.2. The Morgan fingerprint density at radius 1 is 1.19 bits per heavy atom. The molecule has 1 aliphatic carbocycles. The first kappa shape index (κ1) is 19.5. The maximum absolute atomic E-state index is 12.2. The monoisotopic (exact) mass is 360 g/mol. The molecular formula is C19H24N2O5. The number of nitrogens with zero attached hydrogens (tertiary/aromatic N) is 1. The lowest BCUT2D eigenvalue weighted by Gasteiger charge is -2.29. The number of carbonyl (C=O) groups is 3. The zero-order chi connectivity index (χ0) is 19.1. The molecule has 0 radical (unpaired) electrons. The Morgan fingerprint density at radius 3 is 2.50 bits per heavy atom. The van der Waals surface area contributed by atoms with Crippen LogP contribution in [0, 0.1) is 5.92 Å². The molecule has 1 aromatic carbocycles. The first-order valence-electron chi connectivity index (χ1n) is 8.40. The summed E-state index contributed by atoms with van der Waals surface area (Å²) in [6.45, 7) is 0.0655. The molecule has 0 fully saturated rings. The van der Waals surface area contributed by atoms with E-state index in [9.17, 15) is 14.4 Å². The van der Waals surface area contributed by atoms with E-state index < -0.39 is 12.1 Å². The topological polar surface area (TPSA) is 84.9 Å². The first-order valence-corrected chi connectivity index (χ1v) is 8.40. The summed E-state index contributed by atoms with van der Waals surface area (Å²) in [7, 11) is 4.72. The van der Waals surface area contributed by atoms with E-state index in [0.29, 0.717) is 12.0 Å². The molecule has 0 aromatic heterocycles. The summed E-state index contributed by atoms with van der Waals surface area (Å²) >= 11 is 0. The number of ether oxygens (including phenoxy) is 2. The Balaban J connectivity index is 1.89. The van der Waals surface area contributed by atoms with Crippen molar-refractivity contribution in [2.75, 3.05) is 21.2 Å². The molecule has 140 valence electrons. The Morgan fingerprint density at radius 2 is 1.88 bits per heavy atom. The summed E-state index contributed by atoms with van der Waals surface area (Å²) in [4.78, 5) is 37.2. The third kappa shape index (κ3) is 5.08. The molecule has 26 heavy (non-hydrogen) atoms. The van der Waals surface area contributed by atoms with Crippen LogP contribution in [0.15, 0.2) is 36.4 Å². The molecule has 1 N–H and O–H groups in total. The van der Waals surface area contributed by atoms with Gasteiger partial charge in [-0.25, -0.2) is 9.59 Å². The van der Waals surface area contributed by atoms with Gasteiger partial charge < -0.3 is 19.7 Å². The maximum Gasteiger partial charge on any atom is 0.407 e. The molecule has 2 rings (SSSR count). The van der Waals surface area contributed by atoms with Gasteiger partial charge in [-0.1, -0.05) is 24.3 Å². The van der Waals surface area contributed by atoms with Crippen molar-refractivity contribution < 1.29 is 23.9 Å². The van der Waals surface area contributed by atoms with Crippen molar-refractivity contribution >= 4 is 18.0 Å². The first-order chi connectivity index (χ1) is 12.4. The molecule has 2 atom stereocenters. The summed E-state index contributed by atoms with van der Waals surface area (Å²) in [5.41, 5.74) is 1.17. The number of methoxy groups -OCH3 is 1. The second-order valence-corrected chi connectivity index (χ2v) is 6.28. The van der Waals surface area contributed by atoms with Gasteiger partial charge in [-0.15, -0.1) is 0 Å². The number of carbonyl (C=O) groups excluding carboxylic acids is 3. The third-order valence-electron chi connectivity index (χ3n) is 4.21. The molecular weight excluding hydrogens is 336 g/mol. The largest absolute Gasteiger partial charge is 0.465 e. The van der Waals surface area contributed by atoms with Crippen molar-refractivity contribution in [2.24, 2.45) is 5.92 Å². The Bertz CT molecular complexity index is 682. The highest BCUT2D eigenvalue weighted by Gasteiger charge is 2.30. The van der Waals surface area contributed by atoms with Gasteiger partial charge in [-0.2, -0.15) is 0 Å². The van der Waals surface area contributed by atoms with E-state index in [4.69, 9.17) is 4.74 Å². The zero-order valence-electron chi connectivity index (χ0n) is 15.2. The molecule has 0 saturated heterocycles. The smallest absolute Gasteiger partial charge is 0.407 e. The van der Waals surface area contributed by atoms with Gasteiger partial charge >= 0.3 is 12.1 Å². The minimum atomic E-state index is -0.588. The van der Waals surface area contributed by atoms with Crippen molar-refractivity contribution in [3.63, 3.8) is 0 Å². The van der Waals surface area contributed by atoms with Crippen LogP contribution in [0.3, 0.4) is 0 Å². The average molecular weight is 360 g/mol. The van der Waals surface area contributed by atoms with Crippen molar-refractivity contribution in [1.82, 2.24) is 10.2 Å². The number of benzene rings is 1. The van der Waals surface area contributed by atoms with E-state index in [1.165, 1.54) is 12.0 Å². The van der Waals surface area contributed by atoms with Gasteiger partial charge in [0.25, 0.3) is 0 Å². The SMILES string of the molecule is COC(=O)c1ccc(COC(=O)N[C@H]2C=CCC[C@H]2C(=O)N(C)C)cc1. The Labute approximate surface area is 153 Å². The summed E-state index contributed by atoms with van der Waals surface area (Å²) < 4.78 is 9.85. The predicted molar refractivity (Wildman–Crippen MR) is 95.4 cm³/mol. The molecule has 0 saturated carbocycles. The third-order valence-corrected chi connectivity index (χ3v) is 4.21. The average Bonchev–Trinajstić information content (AvgIpc) is 2.66. The van der Waals surface area contributed by atoms with Crippen molar-refractivity contribution in [2.45, 2.75) is 25.5 Å². The number of hydrogen-bond acceptors (Lipinski definition) is 5. The lowest BCUT2D eigenvalue weighted by Crippen LogP contribution is -2.46. The number of rotatable bonds is 5. The molecule has 1 aromatic rings. The number of amides is 2. The molecule has 0 unspecified atom stereocenters. The highest BCUT2D eigenvalue weighted by Crippen LogP contribution is 2.21. The minimum absolute atomic E-state index is 0.0157. The molecule has 0 heterocycles. The van der Waals surface area contributed by atoms with Crippen LogP contribution in [0.5, 0.6) is 0 Å². The molecule has 0 bridgehead atoms. The van der Waals surface area contributed by atoms with Gasteiger partial charge in [-0.05, 0) is 30.5 Å². The van der Waals surface area contributed by atoms with E-state index in [-0.39, 0.29) is 24.5 Å². The summed E-state index contributed by atoms with van der Waals surface area (Å²) in [5, 5.41) is 2.74. The van der Waals surface area contributed by atoms with E-state index in [1.807, 2.05) is 12.2 Å². The normalized spacial score (nSPS) is 18.7.